The molecule has 3 aromatic rings. The van der Waals surface area contributed by atoms with Gasteiger partial charge in [-0.3, -0.25) is 14.6 Å². The zero-order valence-corrected chi connectivity index (χ0v) is 17.1. The monoisotopic (exact) mass is 432 g/mol. The lowest BCUT2D eigenvalue weighted by Crippen LogP contribution is -2.33. The van der Waals surface area contributed by atoms with Crippen molar-refractivity contribution in [1.29, 1.82) is 0 Å². The Morgan fingerprint density at radius 2 is 1.52 bits per heavy atom. The molecule has 0 fully saturated rings. The molecule has 0 saturated heterocycles. The fourth-order valence-corrected chi connectivity index (χ4v) is 2.53. The number of hydrogen-bond acceptors (Lipinski definition) is 4. The molecule has 1 atom stereocenters. The lowest BCUT2D eigenvalue weighted by Gasteiger charge is -2.13. The third-order valence-corrected chi connectivity index (χ3v) is 4.06. The molecular weight excluding hydrogens is 411 g/mol. The molecule has 0 bridgehead atoms. The van der Waals surface area contributed by atoms with Gasteiger partial charge >= 0.3 is 0 Å². The molecule has 0 radical (unpaired) electrons. The number of anilines is 1. The van der Waals surface area contributed by atoms with E-state index in [9.17, 15) is 9.59 Å². The highest BCUT2D eigenvalue weighted by molar-refractivity contribution is 6.04. The molecule has 0 aliphatic rings. The van der Waals surface area contributed by atoms with E-state index in [1.807, 2.05) is 30.3 Å². The van der Waals surface area contributed by atoms with Crippen LogP contribution in [-0.4, -0.2) is 16.8 Å². The number of carbonyl (C=O) groups excluding carboxylic acids is 2. The summed E-state index contributed by atoms with van der Waals surface area (Å²) >= 11 is 0. The van der Waals surface area contributed by atoms with Crippen molar-refractivity contribution in [3.63, 3.8) is 0 Å². The van der Waals surface area contributed by atoms with E-state index in [-0.39, 0.29) is 36.6 Å². The largest absolute Gasteiger partial charge is 0.350 e. The first-order chi connectivity index (χ1) is 13.1. The first kappa shape index (κ1) is 24.1. The molecule has 4 N–H and O–H groups in total. The molecule has 1 unspecified atom stereocenters. The first-order valence-electron chi connectivity index (χ1n) is 8.52. The summed E-state index contributed by atoms with van der Waals surface area (Å²) in [4.78, 5) is 28.4. The van der Waals surface area contributed by atoms with Crippen LogP contribution in [0.3, 0.4) is 0 Å². The predicted octanol–water partition coefficient (Wildman–Crippen LogP) is 3.49. The van der Waals surface area contributed by atoms with E-state index in [0.29, 0.717) is 23.4 Å². The number of hydrogen-bond donors (Lipinski definition) is 3. The quantitative estimate of drug-likeness (QED) is 0.555. The summed E-state index contributed by atoms with van der Waals surface area (Å²) in [6.45, 7) is 0.416. The zero-order chi connectivity index (χ0) is 19.1. The lowest BCUT2D eigenvalue weighted by atomic mass is 10.0. The summed E-state index contributed by atoms with van der Waals surface area (Å²) in [5, 5.41) is 5.60. The Morgan fingerprint density at radius 3 is 2.14 bits per heavy atom. The van der Waals surface area contributed by atoms with Crippen molar-refractivity contribution >= 4 is 42.3 Å². The Balaban J connectivity index is 0.00000210. The van der Waals surface area contributed by atoms with Gasteiger partial charge in [0.2, 0.25) is 5.91 Å². The van der Waals surface area contributed by atoms with Crippen LogP contribution in [0.5, 0.6) is 0 Å². The number of amides is 2. The summed E-state index contributed by atoms with van der Waals surface area (Å²) < 4.78 is 0. The van der Waals surface area contributed by atoms with Gasteiger partial charge in [0, 0.05) is 30.2 Å². The van der Waals surface area contributed by atoms with Gasteiger partial charge in [-0.2, -0.15) is 0 Å². The number of halogens is 2. The van der Waals surface area contributed by atoms with Crippen molar-refractivity contribution in [3.8, 4) is 0 Å². The van der Waals surface area contributed by atoms with Crippen LogP contribution in [0.2, 0.25) is 0 Å². The summed E-state index contributed by atoms with van der Waals surface area (Å²) in [6.07, 6.45) is 3.21. The van der Waals surface area contributed by atoms with E-state index in [2.05, 4.69) is 15.6 Å². The van der Waals surface area contributed by atoms with E-state index in [4.69, 9.17) is 5.73 Å². The van der Waals surface area contributed by atoms with E-state index >= 15 is 0 Å². The Morgan fingerprint density at radius 1 is 0.897 bits per heavy atom. The van der Waals surface area contributed by atoms with Gasteiger partial charge in [0.15, 0.2) is 0 Å². The summed E-state index contributed by atoms with van der Waals surface area (Å²) in [5.74, 6) is -0.511. The topological polar surface area (TPSA) is 97.1 Å². The van der Waals surface area contributed by atoms with Crippen LogP contribution in [0.4, 0.5) is 5.69 Å². The molecule has 1 aromatic heterocycles. The van der Waals surface area contributed by atoms with Gasteiger partial charge in [-0.15, -0.1) is 24.8 Å². The van der Waals surface area contributed by atoms with Crippen LogP contribution < -0.4 is 16.4 Å². The van der Waals surface area contributed by atoms with Crippen molar-refractivity contribution in [2.45, 2.75) is 12.6 Å². The fraction of sp³-hybridized carbons (Fsp3) is 0.0952. The van der Waals surface area contributed by atoms with Crippen molar-refractivity contribution in [1.82, 2.24) is 10.3 Å². The van der Waals surface area contributed by atoms with E-state index in [1.165, 1.54) is 0 Å². The molecular formula is C21H22Cl2N4O2. The molecule has 0 saturated carbocycles. The van der Waals surface area contributed by atoms with Gasteiger partial charge in [-0.05, 0) is 35.4 Å². The number of pyridine rings is 1. The minimum absolute atomic E-state index is 0. The molecule has 0 spiro atoms. The molecule has 0 aliphatic carbocycles. The van der Waals surface area contributed by atoms with Crippen LogP contribution in [0.25, 0.3) is 0 Å². The van der Waals surface area contributed by atoms with Gasteiger partial charge in [-0.25, -0.2) is 0 Å². The lowest BCUT2D eigenvalue weighted by molar-refractivity contribution is -0.122. The van der Waals surface area contributed by atoms with Crippen molar-refractivity contribution < 1.29 is 9.59 Å². The Kier molecular flexibility index (Phi) is 9.82. The number of rotatable bonds is 6. The molecule has 29 heavy (non-hydrogen) atoms. The SMILES string of the molecule is Cl.Cl.NC(C(=O)NCc1ccccc1)c1ccc(C(=O)Nc2ccncc2)cc1. The Bertz CT molecular complexity index is 907. The maximum atomic E-state index is 12.3. The van der Waals surface area contributed by atoms with Crippen LogP contribution in [0, 0.1) is 0 Å². The van der Waals surface area contributed by atoms with Crippen LogP contribution >= 0.6 is 24.8 Å². The number of nitrogens with two attached hydrogens (primary N) is 1. The van der Waals surface area contributed by atoms with Crippen molar-refractivity contribution in [2.75, 3.05) is 5.32 Å². The summed E-state index contributed by atoms with van der Waals surface area (Å²) in [5.41, 5.74) is 8.82. The van der Waals surface area contributed by atoms with E-state index < -0.39 is 6.04 Å². The molecule has 152 valence electrons. The van der Waals surface area contributed by atoms with Gasteiger partial charge in [0.25, 0.3) is 5.91 Å². The number of benzene rings is 2. The normalized spacial score (nSPS) is 10.7. The molecule has 6 nitrogen and oxygen atoms in total. The molecule has 3 rings (SSSR count). The molecule has 0 aliphatic heterocycles. The number of nitrogens with one attached hydrogen (secondary N) is 2. The van der Waals surface area contributed by atoms with E-state index in [1.54, 1.807) is 48.8 Å². The second kappa shape index (κ2) is 11.8. The number of nitrogens with zero attached hydrogens (tertiary/aromatic N) is 1. The molecule has 2 aromatic carbocycles. The molecule has 8 heteroatoms. The molecule has 1 heterocycles. The standard InChI is InChI=1S/C21H20N4O2.2ClH/c22-19(21(27)24-14-15-4-2-1-3-5-15)16-6-8-17(9-7-16)20(26)25-18-10-12-23-13-11-18;;/h1-13,19H,14,22H2,(H,24,27)(H,23,25,26);2*1H. The van der Waals surface area contributed by atoms with Gasteiger partial charge in [-0.1, -0.05) is 42.5 Å². The van der Waals surface area contributed by atoms with Crippen molar-refractivity contribution in [3.05, 3.63) is 95.8 Å². The maximum Gasteiger partial charge on any atom is 0.255 e. The summed E-state index contributed by atoms with van der Waals surface area (Å²) in [7, 11) is 0. The van der Waals surface area contributed by atoms with Crippen LogP contribution in [-0.2, 0) is 11.3 Å². The minimum atomic E-state index is -0.800. The fourth-order valence-electron chi connectivity index (χ4n) is 2.53. The first-order valence-corrected chi connectivity index (χ1v) is 8.52. The van der Waals surface area contributed by atoms with E-state index in [0.717, 1.165) is 5.56 Å². The third kappa shape index (κ3) is 6.87. The van der Waals surface area contributed by atoms with Gasteiger partial charge in [0.05, 0.1) is 0 Å². The predicted molar refractivity (Wildman–Crippen MR) is 118 cm³/mol. The highest BCUT2D eigenvalue weighted by atomic mass is 35.5. The summed E-state index contributed by atoms with van der Waals surface area (Å²) in [6, 6.07) is 18.9. The smallest absolute Gasteiger partial charge is 0.255 e. The number of carbonyl (C=O) groups is 2. The maximum absolute atomic E-state index is 12.3. The molecule has 2 amide bonds. The second-order valence-corrected chi connectivity index (χ2v) is 5.99. The van der Waals surface area contributed by atoms with Crippen LogP contribution in [0.15, 0.2) is 79.1 Å². The van der Waals surface area contributed by atoms with Gasteiger partial charge in [0.1, 0.15) is 6.04 Å². The Hall–Kier alpha value is -2.93. The number of aromatic nitrogens is 1. The zero-order valence-electron chi connectivity index (χ0n) is 15.4. The minimum Gasteiger partial charge on any atom is -0.350 e. The average molecular weight is 433 g/mol. The highest BCUT2D eigenvalue weighted by Gasteiger charge is 2.16. The Labute approximate surface area is 181 Å². The average Bonchev–Trinajstić information content (AvgIpc) is 2.73. The van der Waals surface area contributed by atoms with Gasteiger partial charge < -0.3 is 16.4 Å². The van der Waals surface area contributed by atoms with Crippen molar-refractivity contribution in [2.24, 2.45) is 5.73 Å². The third-order valence-electron chi connectivity index (χ3n) is 4.06. The van der Waals surface area contributed by atoms with Crippen LogP contribution in [0.1, 0.15) is 27.5 Å². The second-order valence-electron chi connectivity index (χ2n) is 5.99. The highest BCUT2D eigenvalue weighted by Crippen LogP contribution is 2.14.